The van der Waals surface area contributed by atoms with Gasteiger partial charge in [0.05, 0.1) is 0 Å². The molecular weight excluding hydrogens is 328 g/mol. The molecule has 0 atom stereocenters. The van der Waals surface area contributed by atoms with Gasteiger partial charge in [-0.3, -0.25) is 0 Å². The lowest BCUT2D eigenvalue weighted by atomic mass is 9.87. The summed E-state index contributed by atoms with van der Waals surface area (Å²) in [5, 5.41) is 1.23. The highest BCUT2D eigenvalue weighted by atomic mass is 14.8. The van der Waals surface area contributed by atoms with Crippen molar-refractivity contribution >= 4 is 11.0 Å². The number of nitrogens with zero attached hydrogens (tertiary/aromatic N) is 1. The lowest BCUT2D eigenvalue weighted by Crippen LogP contribution is -2.10. The van der Waals surface area contributed by atoms with E-state index in [1.54, 1.807) is 0 Å². The third-order valence-electron chi connectivity index (χ3n) is 3.90. The van der Waals surface area contributed by atoms with E-state index in [9.17, 15) is 0 Å². The molecular formula is C25H40N2. The molecule has 0 saturated carbocycles. The van der Waals surface area contributed by atoms with Gasteiger partial charge in [-0.2, -0.15) is 0 Å². The second-order valence-electron chi connectivity index (χ2n) is 7.97. The first kappa shape index (κ1) is 24.9. The minimum Gasteiger partial charge on any atom is -0.346 e. The topological polar surface area (TPSA) is 28.7 Å². The van der Waals surface area contributed by atoms with E-state index in [1.807, 2.05) is 40.0 Å². The van der Waals surface area contributed by atoms with Gasteiger partial charge in [-0.15, -0.1) is 0 Å². The molecule has 0 aliphatic rings. The largest absolute Gasteiger partial charge is 0.346 e. The van der Waals surface area contributed by atoms with E-state index < -0.39 is 0 Å². The van der Waals surface area contributed by atoms with E-state index in [1.165, 1.54) is 16.5 Å². The SMILES string of the molecule is CC.CC.CC(C)(C)c1c[nH]c2ncccc12.CC(C)(C)c1ccccc1. The second kappa shape index (κ2) is 11.6. The molecule has 0 unspecified atom stereocenters. The lowest BCUT2D eigenvalue weighted by molar-refractivity contribution is 0.590. The number of H-pyrrole nitrogens is 1. The van der Waals surface area contributed by atoms with E-state index in [0.29, 0.717) is 5.41 Å². The van der Waals surface area contributed by atoms with E-state index in [-0.39, 0.29) is 5.41 Å². The van der Waals surface area contributed by atoms with Crippen molar-refractivity contribution < 1.29 is 0 Å². The van der Waals surface area contributed by atoms with Crippen LogP contribution in [-0.4, -0.2) is 9.97 Å². The number of nitrogens with one attached hydrogen (secondary N) is 1. The maximum atomic E-state index is 4.26. The molecule has 2 aromatic heterocycles. The molecule has 1 aromatic carbocycles. The van der Waals surface area contributed by atoms with Crippen LogP contribution in [0.1, 0.15) is 80.4 Å². The summed E-state index contributed by atoms with van der Waals surface area (Å²) >= 11 is 0. The zero-order chi connectivity index (χ0) is 21.1. The minimum absolute atomic E-state index is 0.182. The van der Waals surface area contributed by atoms with Crippen LogP contribution in [0.15, 0.2) is 54.9 Å². The van der Waals surface area contributed by atoms with Gasteiger partial charge in [0.15, 0.2) is 0 Å². The molecule has 2 heterocycles. The maximum Gasteiger partial charge on any atom is 0.137 e. The highest BCUT2D eigenvalue weighted by Gasteiger charge is 2.17. The van der Waals surface area contributed by atoms with Crippen LogP contribution < -0.4 is 0 Å². The Hall–Kier alpha value is -2.09. The van der Waals surface area contributed by atoms with Crippen LogP contribution in [0.2, 0.25) is 0 Å². The molecule has 1 N–H and O–H groups in total. The van der Waals surface area contributed by atoms with Crippen molar-refractivity contribution in [2.45, 2.75) is 80.1 Å². The Morgan fingerprint density at radius 3 is 1.70 bits per heavy atom. The standard InChI is InChI=1S/C11H14N2.C10H14.2C2H6/c1-11(2,3)9-7-13-10-8(9)5-4-6-12-10;1-10(2,3)9-7-5-4-6-8-9;2*1-2/h4-7H,1-3H3,(H,12,13);4-8H,1-3H3;2*1-2H3. The molecule has 0 aliphatic carbocycles. The molecule has 0 saturated heterocycles. The van der Waals surface area contributed by atoms with E-state index in [4.69, 9.17) is 0 Å². The molecule has 0 bridgehead atoms. The van der Waals surface area contributed by atoms with Crippen molar-refractivity contribution in [1.82, 2.24) is 9.97 Å². The number of hydrogen-bond acceptors (Lipinski definition) is 1. The van der Waals surface area contributed by atoms with Crippen molar-refractivity contribution in [3.05, 3.63) is 66.0 Å². The number of benzene rings is 1. The van der Waals surface area contributed by atoms with Gasteiger partial charge in [-0.1, -0.05) is 99.6 Å². The van der Waals surface area contributed by atoms with Crippen LogP contribution in [0.25, 0.3) is 11.0 Å². The summed E-state index contributed by atoms with van der Waals surface area (Å²) in [4.78, 5) is 7.44. The van der Waals surface area contributed by atoms with E-state index in [0.717, 1.165) is 5.65 Å². The summed E-state index contributed by atoms with van der Waals surface area (Å²) in [5.41, 5.74) is 4.18. The molecule has 2 nitrogen and oxygen atoms in total. The summed E-state index contributed by atoms with van der Waals surface area (Å²) in [6, 6.07) is 14.6. The third kappa shape index (κ3) is 7.99. The number of rotatable bonds is 0. The monoisotopic (exact) mass is 368 g/mol. The Balaban J connectivity index is 0.000000434. The van der Waals surface area contributed by atoms with E-state index >= 15 is 0 Å². The smallest absolute Gasteiger partial charge is 0.137 e. The van der Waals surface area contributed by atoms with Gasteiger partial charge in [0.1, 0.15) is 5.65 Å². The molecule has 27 heavy (non-hydrogen) atoms. The van der Waals surface area contributed by atoms with Crippen molar-refractivity contribution in [3.8, 4) is 0 Å². The predicted octanol–water partition coefficient (Wildman–Crippen LogP) is 7.90. The fourth-order valence-corrected chi connectivity index (χ4v) is 2.51. The lowest BCUT2D eigenvalue weighted by Gasteiger charge is -2.18. The Morgan fingerprint density at radius 2 is 1.26 bits per heavy atom. The number of pyridine rings is 1. The third-order valence-corrected chi connectivity index (χ3v) is 3.90. The molecule has 3 aromatic rings. The van der Waals surface area contributed by atoms with Gasteiger partial charge < -0.3 is 4.98 Å². The highest BCUT2D eigenvalue weighted by molar-refractivity contribution is 5.80. The van der Waals surface area contributed by atoms with Crippen LogP contribution in [0.4, 0.5) is 0 Å². The Kier molecular flexibility index (Phi) is 10.7. The van der Waals surface area contributed by atoms with Gasteiger partial charge in [-0.25, -0.2) is 4.98 Å². The van der Waals surface area contributed by atoms with Crippen LogP contribution in [0.3, 0.4) is 0 Å². The Bertz CT molecular complexity index is 741. The molecule has 0 aliphatic heterocycles. The normalized spacial score (nSPS) is 10.6. The minimum atomic E-state index is 0.182. The fourth-order valence-electron chi connectivity index (χ4n) is 2.51. The van der Waals surface area contributed by atoms with Gasteiger partial charge in [0.25, 0.3) is 0 Å². The van der Waals surface area contributed by atoms with Gasteiger partial charge >= 0.3 is 0 Å². The van der Waals surface area contributed by atoms with Crippen LogP contribution in [0, 0.1) is 0 Å². The molecule has 0 radical (unpaired) electrons. The molecule has 3 rings (SSSR count). The van der Waals surface area contributed by atoms with Crippen molar-refractivity contribution in [2.24, 2.45) is 0 Å². The number of aromatic nitrogens is 2. The zero-order valence-corrected chi connectivity index (χ0v) is 19.1. The predicted molar refractivity (Wildman–Crippen MR) is 123 cm³/mol. The summed E-state index contributed by atoms with van der Waals surface area (Å²) in [5.74, 6) is 0. The van der Waals surface area contributed by atoms with Crippen LogP contribution in [0.5, 0.6) is 0 Å². The van der Waals surface area contributed by atoms with Gasteiger partial charge in [-0.05, 0) is 34.1 Å². The van der Waals surface area contributed by atoms with Crippen LogP contribution in [-0.2, 0) is 10.8 Å². The van der Waals surface area contributed by atoms with Gasteiger partial charge in [0, 0.05) is 17.8 Å². The van der Waals surface area contributed by atoms with Crippen molar-refractivity contribution in [2.75, 3.05) is 0 Å². The first-order valence-electron chi connectivity index (χ1n) is 10.2. The number of aromatic amines is 1. The first-order valence-corrected chi connectivity index (χ1v) is 10.2. The number of hydrogen-bond donors (Lipinski definition) is 1. The fraction of sp³-hybridized carbons (Fsp3) is 0.480. The maximum absolute atomic E-state index is 4.26. The molecule has 2 heteroatoms. The van der Waals surface area contributed by atoms with E-state index in [2.05, 4.69) is 94.1 Å². The average Bonchev–Trinajstić information content (AvgIpc) is 3.10. The first-order chi connectivity index (χ1) is 12.7. The molecule has 150 valence electrons. The Morgan fingerprint density at radius 1 is 0.704 bits per heavy atom. The number of fused-ring (bicyclic) bond motifs is 1. The quantitative estimate of drug-likeness (QED) is 0.429. The molecule has 0 amide bonds. The van der Waals surface area contributed by atoms with Crippen molar-refractivity contribution in [1.29, 1.82) is 0 Å². The van der Waals surface area contributed by atoms with Gasteiger partial charge in [0.2, 0.25) is 0 Å². The average molecular weight is 369 g/mol. The van der Waals surface area contributed by atoms with Crippen molar-refractivity contribution in [3.63, 3.8) is 0 Å². The molecule has 0 spiro atoms. The Labute approximate surface area is 167 Å². The summed E-state index contributed by atoms with van der Waals surface area (Å²) in [7, 11) is 0. The zero-order valence-electron chi connectivity index (χ0n) is 19.1. The molecule has 0 fully saturated rings. The summed E-state index contributed by atoms with van der Waals surface area (Å²) in [6.45, 7) is 21.3. The van der Waals surface area contributed by atoms with Crippen LogP contribution >= 0.6 is 0 Å². The highest BCUT2D eigenvalue weighted by Crippen LogP contribution is 2.28. The summed E-state index contributed by atoms with van der Waals surface area (Å²) < 4.78 is 0. The summed E-state index contributed by atoms with van der Waals surface area (Å²) in [6.07, 6.45) is 3.86. The second-order valence-corrected chi connectivity index (χ2v) is 7.97.